The Morgan fingerprint density at radius 2 is 2.00 bits per heavy atom. The number of nitrogens with two attached hydrogens (primary N) is 1. The van der Waals surface area contributed by atoms with E-state index in [0.717, 1.165) is 10.5 Å². The molecule has 3 N–H and O–H groups in total. The standard InChI is InChI=1S/C20H27N5OS/c1-6-9-14(4)25(5)24-20(26)18-19(21)22-12-16(23-18)15-10-7-8-11-17(15)27-13(2)3/h6-14H,1-5H3,(H2,21,22)(H,24,26)/b9-6-. The maximum absolute atomic E-state index is 12.7. The van der Waals surface area contributed by atoms with Gasteiger partial charge in [-0.15, -0.1) is 11.8 Å². The number of nitrogens with one attached hydrogen (secondary N) is 1. The Balaban J connectivity index is 2.33. The van der Waals surface area contributed by atoms with Gasteiger partial charge in [0.2, 0.25) is 0 Å². The van der Waals surface area contributed by atoms with E-state index in [1.165, 1.54) is 0 Å². The highest BCUT2D eigenvalue weighted by atomic mass is 32.2. The zero-order valence-electron chi connectivity index (χ0n) is 16.4. The van der Waals surface area contributed by atoms with Crippen molar-refractivity contribution in [1.82, 2.24) is 20.4 Å². The van der Waals surface area contributed by atoms with Gasteiger partial charge < -0.3 is 5.73 Å². The molecule has 144 valence electrons. The summed E-state index contributed by atoms with van der Waals surface area (Å²) in [6.45, 7) is 8.18. The van der Waals surface area contributed by atoms with Gasteiger partial charge >= 0.3 is 0 Å². The van der Waals surface area contributed by atoms with E-state index < -0.39 is 0 Å². The number of amides is 1. The molecule has 1 aromatic carbocycles. The molecule has 7 heteroatoms. The van der Waals surface area contributed by atoms with Crippen LogP contribution in [0.3, 0.4) is 0 Å². The number of hydrogen-bond acceptors (Lipinski definition) is 6. The van der Waals surface area contributed by atoms with Gasteiger partial charge in [0.25, 0.3) is 5.91 Å². The molecule has 1 unspecified atom stereocenters. The van der Waals surface area contributed by atoms with E-state index in [9.17, 15) is 4.79 Å². The molecule has 27 heavy (non-hydrogen) atoms. The lowest BCUT2D eigenvalue weighted by molar-refractivity contribution is 0.0798. The summed E-state index contributed by atoms with van der Waals surface area (Å²) in [7, 11) is 1.80. The fourth-order valence-corrected chi connectivity index (χ4v) is 3.42. The van der Waals surface area contributed by atoms with Gasteiger partial charge in [0.05, 0.1) is 11.9 Å². The van der Waals surface area contributed by atoms with Crippen LogP contribution in [0.25, 0.3) is 11.3 Å². The number of anilines is 1. The van der Waals surface area contributed by atoms with E-state index in [1.54, 1.807) is 30.0 Å². The van der Waals surface area contributed by atoms with E-state index in [1.807, 2.05) is 50.3 Å². The van der Waals surface area contributed by atoms with Crippen LogP contribution in [0, 0.1) is 0 Å². The number of thioether (sulfide) groups is 1. The number of carbonyl (C=O) groups excluding carboxylic acids is 1. The minimum absolute atomic E-state index is 0.0412. The second-order valence-corrected chi connectivity index (χ2v) is 8.09. The molecule has 1 amide bonds. The van der Waals surface area contributed by atoms with E-state index in [-0.39, 0.29) is 23.5 Å². The molecule has 1 atom stereocenters. The van der Waals surface area contributed by atoms with Crippen molar-refractivity contribution in [3.05, 3.63) is 48.3 Å². The first kappa shape index (κ1) is 20.9. The maximum Gasteiger partial charge on any atom is 0.288 e. The van der Waals surface area contributed by atoms with E-state index in [2.05, 4.69) is 29.2 Å². The van der Waals surface area contributed by atoms with Crippen LogP contribution in [0.5, 0.6) is 0 Å². The first-order valence-electron chi connectivity index (χ1n) is 8.88. The highest BCUT2D eigenvalue weighted by Crippen LogP contribution is 2.32. The quantitative estimate of drug-likeness (QED) is 0.429. The lowest BCUT2D eigenvalue weighted by atomic mass is 10.1. The molecule has 0 aliphatic rings. The van der Waals surface area contributed by atoms with Crippen LogP contribution in [0.1, 0.15) is 38.2 Å². The summed E-state index contributed by atoms with van der Waals surface area (Å²) in [6.07, 6.45) is 5.52. The molecular weight excluding hydrogens is 358 g/mol. The van der Waals surface area contributed by atoms with E-state index in [4.69, 9.17) is 5.73 Å². The smallest absolute Gasteiger partial charge is 0.288 e. The van der Waals surface area contributed by atoms with Gasteiger partial charge in [-0.2, -0.15) is 0 Å². The van der Waals surface area contributed by atoms with Gasteiger partial charge in [-0.1, -0.05) is 44.2 Å². The molecule has 2 rings (SSSR count). The average Bonchev–Trinajstić information content (AvgIpc) is 2.62. The lowest BCUT2D eigenvalue weighted by Crippen LogP contribution is -2.44. The Bertz CT molecular complexity index is 822. The van der Waals surface area contributed by atoms with Crippen molar-refractivity contribution < 1.29 is 4.79 Å². The van der Waals surface area contributed by atoms with Gasteiger partial charge in [-0.05, 0) is 19.9 Å². The van der Waals surface area contributed by atoms with Crippen LogP contribution in [-0.4, -0.2) is 39.2 Å². The minimum Gasteiger partial charge on any atom is -0.382 e. The Hall–Kier alpha value is -2.38. The Morgan fingerprint density at radius 1 is 1.30 bits per heavy atom. The van der Waals surface area contributed by atoms with Crippen molar-refractivity contribution in [3.63, 3.8) is 0 Å². The van der Waals surface area contributed by atoms with Gasteiger partial charge in [0.15, 0.2) is 11.5 Å². The Kier molecular flexibility index (Phi) is 7.38. The topological polar surface area (TPSA) is 84.1 Å². The molecule has 0 radical (unpaired) electrons. The van der Waals surface area contributed by atoms with Crippen molar-refractivity contribution >= 4 is 23.5 Å². The molecule has 1 heterocycles. The van der Waals surface area contributed by atoms with Crippen molar-refractivity contribution in [2.45, 2.75) is 43.9 Å². The average molecular weight is 386 g/mol. The highest BCUT2D eigenvalue weighted by Gasteiger charge is 2.18. The van der Waals surface area contributed by atoms with Gasteiger partial charge in [-0.3, -0.25) is 10.2 Å². The Labute approximate surface area is 165 Å². The minimum atomic E-state index is -0.380. The summed E-state index contributed by atoms with van der Waals surface area (Å²) in [4.78, 5) is 22.5. The fourth-order valence-electron chi connectivity index (χ4n) is 2.45. The predicted octanol–water partition coefficient (Wildman–Crippen LogP) is 3.77. The van der Waals surface area contributed by atoms with Gasteiger partial charge in [0.1, 0.15) is 0 Å². The molecule has 0 fully saturated rings. The van der Waals surface area contributed by atoms with Crippen LogP contribution < -0.4 is 11.2 Å². The summed E-state index contributed by atoms with van der Waals surface area (Å²) in [5, 5.41) is 2.14. The number of nitrogen functional groups attached to an aromatic ring is 1. The molecule has 0 saturated heterocycles. The molecule has 0 aliphatic carbocycles. The number of likely N-dealkylation sites (N-methyl/N-ethyl adjacent to an activating group) is 1. The summed E-state index contributed by atoms with van der Waals surface area (Å²) >= 11 is 1.74. The molecule has 1 aromatic heterocycles. The number of carbonyl (C=O) groups is 1. The SMILES string of the molecule is C/C=C\C(C)N(C)NC(=O)c1nc(-c2ccccc2SC(C)C)cnc1N. The molecule has 0 saturated carbocycles. The molecule has 6 nitrogen and oxygen atoms in total. The molecule has 0 spiro atoms. The lowest BCUT2D eigenvalue weighted by Gasteiger charge is -2.22. The van der Waals surface area contributed by atoms with Crippen LogP contribution in [0.2, 0.25) is 0 Å². The maximum atomic E-state index is 12.7. The number of allylic oxidation sites excluding steroid dienone is 1. The Morgan fingerprint density at radius 3 is 2.67 bits per heavy atom. The first-order chi connectivity index (χ1) is 12.8. The second-order valence-electron chi connectivity index (χ2n) is 6.47. The monoisotopic (exact) mass is 385 g/mol. The number of hydrazine groups is 1. The van der Waals surface area contributed by atoms with Crippen LogP contribution in [0.4, 0.5) is 5.82 Å². The van der Waals surface area contributed by atoms with Gasteiger partial charge in [0, 0.05) is 28.8 Å². The van der Waals surface area contributed by atoms with Crippen molar-refractivity contribution in [1.29, 1.82) is 0 Å². The summed E-state index contributed by atoms with van der Waals surface area (Å²) in [5.41, 5.74) is 10.4. The third-order valence-electron chi connectivity index (χ3n) is 3.90. The first-order valence-corrected chi connectivity index (χ1v) is 9.76. The molecule has 0 bridgehead atoms. The van der Waals surface area contributed by atoms with Crippen LogP contribution in [0.15, 0.2) is 47.5 Å². The second kappa shape index (κ2) is 9.53. The normalized spacial score (nSPS) is 12.7. The van der Waals surface area contributed by atoms with E-state index in [0.29, 0.717) is 10.9 Å². The van der Waals surface area contributed by atoms with Crippen LogP contribution in [-0.2, 0) is 0 Å². The summed E-state index contributed by atoms with van der Waals surface area (Å²) < 4.78 is 0. The summed E-state index contributed by atoms with van der Waals surface area (Å²) in [5.74, 6) is -0.271. The number of aromatic nitrogens is 2. The zero-order valence-corrected chi connectivity index (χ0v) is 17.2. The molecule has 0 aliphatic heterocycles. The molecule has 2 aromatic rings. The molecular formula is C20H27N5OS. The van der Waals surface area contributed by atoms with Crippen molar-refractivity contribution in [2.24, 2.45) is 0 Å². The number of hydrogen-bond donors (Lipinski definition) is 2. The third-order valence-corrected chi connectivity index (χ3v) is 4.98. The third kappa shape index (κ3) is 5.55. The van der Waals surface area contributed by atoms with Gasteiger partial charge in [-0.25, -0.2) is 15.0 Å². The summed E-state index contributed by atoms with van der Waals surface area (Å²) in [6, 6.07) is 8.00. The number of nitrogens with zero attached hydrogens (tertiary/aromatic N) is 3. The van der Waals surface area contributed by atoms with Crippen LogP contribution >= 0.6 is 11.8 Å². The predicted molar refractivity (Wildman–Crippen MR) is 112 cm³/mol. The largest absolute Gasteiger partial charge is 0.382 e. The van der Waals surface area contributed by atoms with Crippen molar-refractivity contribution in [3.8, 4) is 11.3 Å². The highest BCUT2D eigenvalue weighted by molar-refractivity contribution is 8.00. The zero-order chi connectivity index (χ0) is 20.0. The van der Waals surface area contributed by atoms with Crippen molar-refractivity contribution in [2.75, 3.05) is 12.8 Å². The van der Waals surface area contributed by atoms with E-state index >= 15 is 0 Å². The number of rotatable bonds is 7. The number of benzene rings is 1. The fraction of sp³-hybridized carbons (Fsp3) is 0.350.